The Morgan fingerprint density at radius 1 is 1.26 bits per heavy atom. The fraction of sp³-hybridized carbons (Fsp3) is 0.391. The van der Waals surface area contributed by atoms with Gasteiger partial charge in [0.15, 0.2) is 5.69 Å². The molecule has 1 amide bonds. The van der Waals surface area contributed by atoms with Gasteiger partial charge in [-0.15, -0.1) is 0 Å². The van der Waals surface area contributed by atoms with Crippen molar-refractivity contribution < 1.29 is 24.5 Å². The average Bonchev–Trinajstić information content (AvgIpc) is 3.12. The molecule has 0 aliphatic heterocycles. The maximum Gasteiger partial charge on any atom is 0.269 e. The Kier molecular flexibility index (Phi) is 8.24. The molecule has 34 heavy (non-hydrogen) atoms. The van der Waals surface area contributed by atoms with Gasteiger partial charge in [0, 0.05) is 30.6 Å². The van der Waals surface area contributed by atoms with Gasteiger partial charge in [-0.05, 0) is 26.0 Å². The molecule has 0 radical (unpaired) electrons. The van der Waals surface area contributed by atoms with Crippen LogP contribution in [0, 0.1) is 5.82 Å². The van der Waals surface area contributed by atoms with Gasteiger partial charge in [0.05, 0.1) is 22.7 Å². The molecule has 0 fully saturated rings. The molecule has 0 bridgehead atoms. The van der Waals surface area contributed by atoms with Crippen molar-refractivity contribution >= 4 is 28.4 Å². The molecule has 0 spiro atoms. The Labute approximate surface area is 201 Å². The standard InChI is InChI=1S/C23H29ClFN5O4/c1-23(2,34)13-29(11-18(31)27-10-14-6-5-8-16(24)20(14)25)19(32)12-30-17-9-4-3-7-15(17)21(28-30)22(26)33/h3-9,18-19,27,31-32,34H,10-13H2,1-2H3,(H2,26,33). The lowest BCUT2D eigenvalue weighted by Gasteiger charge is -2.34. The summed E-state index contributed by atoms with van der Waals surface area (Å²) in [6, 6.07) is 11.6. The zero-order valence-corrected chi connectivity index (χ0v) is 19.7. The highest BCUT2D eigenvalue weighted by Crippen LogP contribution is 2.20. The van der Waals surface area contributed by atoms with Gasteiger partial charge in [-0.2, -0.15) is 5.10 Å². The maximum absolute atomic E-state index is 14.1. The van der Waals surface area contributed by atoms with E-state index >= 15 is 0 Å². The largest absolute Gasteiger partial charge is 0.389 e. The van der Waals surface area contributed by atoms with Crippen molar-refractivity contribution in [2.24, 2.45) is 5.73 Å². The number of nitrogens with two attached hydrogens (primary N) is 1. The Hall–Kier alpha value is -2.60. The van der Waals surface area contributed by atoms with Gasteiger partial charge in [0.2, 0.25) is 0 Å². The number of carbonyl (C=O) groups excluding carboxylic acids is 1. The highest BCUT2D eigenvalue weighted by Gasteiger charge is 2.27. The number of amides is 1. The van der Waals surface area contributed by atoms with Gasteiger partial charge in [0.1, 0.15) is 18.3 Å². The zero-order valence-electron chi connectivity index (χ0n) is 18.9. The van der Waals surface area contributed by atoms with E-state index in [1.807, 2.05) is 0 Å². The van der Waals surface area contributed by atoms with Crippen LogP contribution in [-0.2, 0) is 13.1 Å². The summed E-state index contributed by atoms with van der Waals surface area (Å²) >= 11 is 5.80. The van der Waals surface area contributed by atoms with Crippen LogP contribution in [0.5, 0.6) is 0 Å². The van der Waals surface area contributed by atoms with Crippen LogP contribution in [0.1, 0.15) is 29.9 Å². The number of aliphatic hydroxyl groups is 3. The van der Waals surface area contributed by atoms with Crippen LogP contribution in [0.25, 0.3) is 10.9 Å². The Morgan fingerprint density at radius 3 is 2.65 bits per heavy atom. The summed E-state index contributed by atoms with van der Waals surface area (Å²) in [7, 11) is 0. The summed E-state index contributed by atoms with van der Waals surface area (Å²) in [6.45, 7) is 3.02. The predicted octanol–water partition coefficient (Wildman–Crippen LogP) is 1.43. The van der Waals surface area contributed by atoms with Crippen LogP contribution < -0.4 is 11.1 Å². The number of para-hydroxylation sites is 1. The number of rotatable bonds is 11. The third kappa shape index (κ3) is 6.50. The number of nitrogens with one attached hydrogen (secondary N) is 1. The van der Waals surface area contributed by atoms with Gasteiger partial charge in [-0.1, -0.05) is 41.9 Å². The highest BCUT2D eigenvalue weighted by atomic mass is 35.5. The molecule has 3 aromatic rings. The van der Waals surface area contributed by atoms with Gasteiger partial charge in [0.25, 0.3) is 5.91 Å². The molecule has 1 heterocycles. The normalized spacial score (nSPS) is 14.0. The SMILES string of the molecule is CC(C)(O)CN(CC(O)NCc1cccc(Cl)c1F)C(O)Cn1nc(C(N)=O)c2ccccc21. The second-order valence-electron chi connectivity index (χ2n) is 8.74. The van der Waals surface area contributed by atoms with Gasteiger partial charge >= 0.3 is 0 Å². The number of nitrogens with zero attached hydrogens (tertiary/aromatic N) is 3. The Bertz CT molecular complexity index is 1150. The first-order chi connectivity index (χ1) is 16.0. The van der Waals surface area contributed by atoms with E-state index in [1.54, 1.807) is 50.2 Å². The smallest absolute Gasteiger partial charge is 0.269 e. The summed E-state index contributed by atoms with van der Waals surface area (Å²) < 4.78 is 15.6. The fourth-order valence-electron chi connectivity index (χ4n) is 3.71. The summed E-state index contributed by atoms with van der Waals surface area (Å²) in [4.78, 5) is 13.2. The first-order valence-electron chi connectivity index (χ1n) is 10.7. The minimum absolute atomic E-state index is 0.00573. The van der Waals surface area contributed by atoms with Crippen molar-refractivity contribution in [2.75, 3.05) is 13.1 Å². The second-order valence-corrected chi connectivity index (χ2v) is 9.15. The summed E-state index contributed by atoms with van der Waals surface area (Å²) in [6.07, 6.45) is -2.35. The van der Waals surface area contributed by atoms with E-state index in [2.05, 4.69) is 10.4 Å². The molecule has 2 aromatic carbocycles. The Morgan fingerprint density at radius 2 is 1.97 bits per heavy atom. The monoisotopic (exact) mass is 493 g/mol. The van der Waals surface area contributed by atoms with Gasteiger partial charge < -0.3 is 21.1 Å². The molecular weight excluding hydrogens is 465 g/mol. The topological polar surface area (TPSA) is 137 Å². The van der Waals surface area contributed by atoms with Crippen molar-refractivity contribution in [1.29, 1.82) is 0 Å². The average molecular weight is 494 g/mol. The molecule has 184 valence electrons. The third-order valence-corrected chi connectivity index (χ3v) is 5.50. The summed E-state index contributed by atoms with van der Waals surface area (Å²) in [5.74, 6) is -1.27. The van der Waals surface area contributed by atoms with Gasteiger partial charge in [-0.25, -0.2) is 4.39 Å². The number of benzene rings is 2. The molecular formula is C23H29ClFN5O4. The van der Waals surface area contributed by atoms with Crippen molar-refractivity contribution in [2.45, 2.75) is 45.0 Å². The summed E-state index contributed by atoms with van der Waals surface area (Å²) in [5.41, 5.74) is 5.22. The Balaban J connectivity index is 1.75. The first kappa shape index (κ1) is 26.0. The van der Waals surface area contributed by atoms with E-state index in [0.29, 0.717) is 10.9 Å². The minimum atomic E-state index is -1.19. The lowest BCUT2D eigenvalue weighted by atomic mass is 10.1. The number of primary amides is 1. The highest BCUT2D eigenvalue weighted by molar-refractivity contribution is 6.30. The molecule has 0 saturated carbocycles. The van der Waals surface area contributed by atoms with Crippen molar-refractivity contribution in [3.8, 4) is 0 Å². The molecule has 6 N–H and O–H groups in total. The molecule has 2 unspecified atom stereocenters. The lowest BCUT2D eigenvalue weighted by Crippen LogP contribution is -2.51. The van der Waals surface area contributed by atoms with E-state index in [-0.39, 0.29) is 42.5 Å². The molecule has 3 rings (SSSR count). The molecule has 1 aromatic heterocycles. The van der Waals surface area contributed by atoms with Crippen LogP contribution >= 0.6 is 11.6 Å². The van der Waals surface area contributed by atoms with Crippen molar-refractivity contribution in [1.82, 2.24) is 20.0 Å². The quantitative estimate of drug-likeness (QED) is 0.255. The van der Waals surface area contributed by atoms with Crippen LogP contribution in [-0.4, -0.2) is 67.1 Å². The third-order valence-electron chi connectivity index (χ3n) is 5.21. The number of aromatic nitrogens is 2. The molecule has 11 heteroatoms. The molecule has 9 nitrogen and oxygen atoms in total. The lowest BCUT2D eigenvalue weighted by molar-refractivity contribution is -0.0762. The predicted molar refractivity (Wildman–Crippen MR) is 126 cm³/mol. The van der Waals surface area contributed by atoms with E-state index in [1.165, 1.54) is 15.6 Å². The number of halogens is 2. The maximum atomic E-state index is 14.1. The summed E-state index contributed by atoms with van der Waals surface area (Å²) in [5, 5.41) is 39.4. The second kappa shape index (κ2) is 10.8. The molecule has 0 saturated heterocycles. The van der Waals surface area contributed by atoms with Crippen molar-refractivity contribution in [3.05, 3.63) is 64.6 Å². The van der Waals surface area contributed by atoms with Crippen LogP contribution in [0.15, 0.2) is 42.5 Å². The molecule has 0 aliphatic carbocycles. The van der Waals surface area contributed by atoms with Crippen LogP contribution in [0.3, 0.4) is 0 Å². The van der Waals surface area contributed by atoms with Crippen molar-refractivity contribution in [3.63, 3.8) is 0 Å². The molecule has 0 aliphatic rings. The molecule has 2 atom stereocenters. The minimum Gasteiger partial charge on any atom is -0.389 e. The van der Waals surface area contributed by atoms with Gasteiger partial charge in [-0.3, -0.25) is 19.7 Å². The first-order valence-corrected chi connectivity index (χ1v) is 11.1. The van der Waals surface area contributed by atoms with E-state index in [9.17, 15) is 24.5 Å². The number of fused-ring (bicyclic) bond motifs is 1. The van der Waals surface area contributed by atoms with E-state index in [0.717, 1.165) is 0 Å². The zero-order chi connectivity index (χ0) is 25.0. The number of hydrogen-bond acceptors (Lipinski definition) is 7. The van der Waals surface area contributed by atoms with E-state index in [4.69, 9.17) is 17.3 Å². The number of hydrogen-bond donors (Lipinski definition) is 5. The number of aliphatic hydroxyl groups excluding tert-OH is 2. The van der Waals surface area contributed by atoms with Crippen LogP contribution in [0.2, 0.25) is 5.02 Å². The van der Waals surface area contributed by atoms with Crippen LogP contribution in [0.4, 0.5) is 4.39 Å². The van der Waals surface area contributed by atoms with E-state index < -0.39 is 29.8 Å². The fourth-order valence-corrected chi connectivity index (χ4v) is 3.90. The number of carbonyl (C=O) groups is 1.